The molecule has 0 amide bonds. The third-order valence-electron chi connectivity index (χ3n) is 7.49. The minimum absolute atomic E-state index is 0.462. The summed E-state index contributed by atoms with van der Waals surface area (Å²) in [6.07, 6.45) is 9.26. The Hall–Kier alpha value is -1.95. The molecule has 0 radical (unpaired) electrons. The zero-order chi connectivity index (χ0) is 21.8. The minimum Gasteiger partial charge on any atom is -0.378 e. The lowest BCUT2D eigenvalue weighted by Gasteiger charge is -2.39. The van der Waals surface area contributed by atoms with E-state index in [0.29, 0.717) is 12.1 Å². The van der Waals surface area contributed by atoms with Crippen molar-refractivity contribution in [3.8, 4) is 0 Å². The van der Waals surface area contributed by atoms with E-state index in [1.54, 1.807) is 5.56 Å². The zero-order valence-electron chi connectivity index (χ0n) is 19.6. The van der Waals surface area contributed by atoms with Crippen LogP contribution in [0.5, 0.6) is 0 Å². The highest BCUT2D eigenvalue weighted by Gasteiger charge is 2.30. The molecule has 2 atom stereocenters. The fourth-order valence-electron chi connectivity index (χ4n) is 5.78. The molecule has 1 saturated heterocycles. The first-order valence-electron chi connectivity index (χ1n) is 12.7. The third-order valence-corrected chi connectivity index (χ3v) is 7.49. The van der Waals surface area contributed by atoms with E-state index in [0.717, 1.165) is 52.4 Å². The molecule has 5 rings (SSSR count). The average Bonchev–Trinajstić information content (AvgIpc) is 2.86. The molecular weight excluding hydrogens is 396 g/mol. The number of hydrogen-bond acceptors (Lipinski definition) is 5. The van der Waals surface area contributed by atoms with Crippen LogP contribution in [0.3, 0.4) is 0 Å². The number of pyridine rings is 1. The number of benzene rings is 1. The Morgan fingerprint density at radius 1 is 1.16 bits per heavy atom. The third kappa shape index (κ3) is 4.70. The smallest absolute Gasteiger partial charge is 0.0642 e. The molecule has 3 aliphatic rings. The normalized spacial score (nSPS) is 23.1. The molecule has 1 fully saturated rings. The number of aryl methyl sites for hydroxylation is 1. The zero-order valence-corrected chi connectivity index (χ0v) is 19.6. The Morgan fingerprint density at radius 3 is 2.91 bits per heavy atom. The Bertz CT molecular complexity index is 895. The van der Waals surface area contributed by atoms with Crippen molar-refractivity contribution in [1.29, 1.82) is 0 Å². The molecule has 5 heteroatoms. The summed E-state index contributed by atoms with van der Waals surface area (Å²) in [7, 11) is 0. The van der Waals surface area contributed by atoms with Gasteiger partial charge in [0.1, 0.15) is 0 Å². The van der Waals surface area contributed by atoms with E-state index in [4.69, 9.17) is 9.72 Å². The van der Waals surface area contributed by atoms with Crippen LogP contribution in [0.2, 0.25) is 0 Å². The summed E-state index contributed by atoms with van der Waals surface area (Å²) in [5.74, 6) is 0. The number of rotatable bonds is 7. The fourth-order valence-corrected chi connectivity index (χ4v) is 5.78. The number of nitrogens with zero attached hydrogens (tertiary/aromatic N) is 3. The first kappa shape index (κ1) is 21.9. The summed E-state index contributed by atoms with van der Waals surface area (Å²) in [5.41, 5.74) is 7.25. The van der Waals surface area contributed by atoms with Gasteiger partial charge >= 0.3 is 0 Å². The predicted molar refractivity (Wildman–Crippen MR) is 130 cm³/mol. The van der Waals surface area contributed by atoms with Crippen molar-refractivity contribution in [1.82, 2.24) is 15.2 Å². The molecule has 0 spiro atoms. The SMILES string of the molecule is CCCCN(C[C@H]1Cc2c(cccc2N2CCOCC2)CN1)[C@H]1CCCc2cccnc21. The van der Waals surface area contributed by atoms with E-state index in [-0.39, 0.29) is 0 Å². The van der Waals surface area contributed by atoms with Crippen molar-refractivity contribution in [2.45, 2.75) is 64.1 Å². The van der Waals surface area contributed by atoms with Gasteiger partial charge in [0.25, 0.3) is 0 Å². The second kappa shape index (κ2) is 10.3. The highest BCUT2D eigenvalue weighted by molar-refractivity contribution is 5.58. The molecule has 1 aromatic carbocycles. The number of aromatic nitrogens is 1. The van der Waals surface area contributed by atoms with Gasteiger partial charge in [-0.3, -0.25) is 9.88 Å². The maximum atomic E-state index is 5.61. The van der Waals surface area contributed by atoms with E-state index in [1.807, 2.05) is 6.20 Å². The van der Waals surface area contributed by atoms with E-state index < -0.39 is 0 Å². The van der Waals surface area contributed by atoms with E-state index >= 15 is 0 Å². The van der Waals surface area contributed by atoms with Gasteiger partial charge in [-0.1, -0.05) is 31.5 Å². The lowest BCUT2D eigenvalue weighted by molar-refractivity contribution is 0.122. The van der Waals surface area contributed by atoms with E-state index in [9.17, 15) is 0 Å². The van der Waals surface area contributed by atoms with Gasteiger partial charge in [0.05, 0.1) is 24.9 Å². The highest BCUT2D eigenvalue weighted by atomic mass is 16.5. The second-order valence-electron chi connectivity index (χ2n) is 9.60. The van der Waals surface area contributed by atoms with Gasteiger partial charge in [-0.2, -0.15) is 0 Å². The monoisotopic (exact) mass is 434 g/mol. The molecule has 0 saturated carbocycles. The van der Waals surface area contributed by atoms with Gasteiger partial charge in [0, 0.05) is 44.1 Å². The van der Waals surface area contributed by atoms with Crippen LogP contribution in [0.25, 0.3) is 0 Å². The molecule has 172 valence electrons. The van der Waals surface area contributed by atoms with Crippen molar-refractivity contribution in [2.75, 3.05) is 44.3 Å². The molecule has 0 bridgehead atoms. The number of hydrogen-bond donors (Lipinski definition) is 1. The van der Waals surface area contributed by atoms with Gasteiger partial charge in [-0.05, 0) is 67.5 Å². The first-order chi connectivity index (χ1) is 15.8. The summed E-state index contributed by atoms with van der Waals surface area (Å²) in [6.45, 7) is 9.21. The standard InChI is InChI=1S/C27H38N4O/c1-2-3-13-31(26-11-4-7-21-9-6-12-28-27(21)26)20-23-18-24-22(19-29-23)8-5-10-25(24)30-14-16-32-17-15-30/h5-6,8-10,12,23,26,29H,2-4,7,11,13-20H2,1H3/t23-,26+/m1/s1. The number of morpholine rings is 1. The van der Waals surface area contributed by atoms with Crippen molar-refractivity contribution in [2.24, 2.45) is 0 Å². The second-order valence-corrected chi connectivity index (χ2v) is 9.60. The lowest BCUT2D eigenvalue weighted by atomic mass is 9.89. The maximum Gasteiger partial charge on any atom is 0.0642 e. The summed E-state index contributed by atoms with van der Waals surface area (Å²) >= 11 is 0. The minimum atomic E-state index is 0.462. The van der Waals surface area contributed by atoms with Crippen LogP contribution in [-0.2, 0) is 24.1 Å². The molecule has 3 heterocycles. The molecule has 2 aliphatic heterocycles. The van der Waals surface area contributed by atoms with Crippen molar-refractivity contribution < 1.29 is 4.74 Å². The van der Waals surface area contributed by atoms with Crippen LogP contribution < -0.4 is 10.2 Å². The summed E-state index contributed by atoms with van der Waals surface area (Å²) in [6, 6.07) is 12.2. The fraction of sp³-hybridized carbons (Fsp3) is 0.593. The lowest BCUT2D eigenvalue weighted by Crippen LogP contribution is -2.47. The summed E-state index contributed by atoms with van der Waals surface area (Å²) in [4.78, 5) is 10.1. The van der Waals surface area contributed by atoms with Gasteiger partial charge in [-0.25, -0.2) is 0 Å². The highest BCUT2D eigenvalue weighted by Crippen LogP contribution is 2.34. The van der Waals surface area contributed by atoms with Crippen LogP contribution in [-0.4, -0.2) is 55.3 Å². The van der Waals surface area contributed by atoms with Crippen LogP contribution >= 0.6 is 0 Å². The van der Waals surface area contributed by atoms with Crippen LogP contribution in [0.4, 0.5) is 5.69 Å². The van der Waals surface area contributed by atoms with Gasteiger partial charge in [0.2, 0.25) is 0 Å². The molecule has 1 aromatic heterocycles. The Kier molecular flexibility index (Phi) is 7.06. The van der Waals surface area contributed by atoms with Crippen molar-refractivity contribution in [3.05, 3.63) is 58.9 Å². The van der Waals surface area contributed by atoms with Crippen molar-refractivity contribution in [3.63, 3.8) is 0 Å². The average molecular weight is 435 g/mol. The largest absolute Gasteiger partial charge is 0.378 e. The van der Waals surface area contributed by atoms with Gasteiger partial charge < -0.3 is 15.0 Å². The summed E-state index contributed by atoms with van der Waals surface area (Å²) in [5, 5.41) is 3.87. The van der Waals surface area contributed by atoms with Gasteiger partial charge in [0.15, 0.2) is 0 Å². The van der Waals surface area contributed by atoms with E-state index in [2.05, 4.69) is 52.4 Å². The number of anilines is 1. The van der Waals surface area contributed by atoms with Crippen molar-refractivity contribution >= 4 is 5.69 Å². The number of ether oxygens (including phenoxy) is 1. The number of fused-ring (bicyclic) bond motifs is 2. The molecule has 1 N–H and O–H groups in total. The topological polar surface area (TPSA) is 40.6 Å². The maximum absolute atomic E-state index is 5.61. The quantitative estimate of drug-likeness (QED) is 0.710. The first-order valence-corrected chi connectivity index (χ1v) is 12.7. The Labute approximate surface area is 193 Å². The Balaban J connectivity index is 1.35. The van der Waals surface area contributed by atoms with Crippen LogP contribution in [0.1, 0.15) is 61.0 Å². The molecule has 1 aliphatic carbocycles. The van der Waals surface area contributed by atoms with Crippen LogP contribution in [0, 0.1) is 0 Å². The van der Waals surface area contributed by atoms with E-state index in [1.165, 1.54) is 54.6 Å². The number of unbranched alkanes of at least 4 members (excludes halogenated alkanes) is 1. The predicted octanol–water partition coefficient (Wildman–Crippen LogP) is 4.11. The molecule has 32 heavy (non-hydrogen) atoms. The molecular formula is C27H38N4O. The Morgan fingerprint density at radius 2 is 2.03 bits per heavy atom. The number of nitrogens with one attached hydrogen (secondary N) is 1. The summed E-state index contributed by atoms with van der Waals surface area (Å²) < 4.78 is 5.61. The molecule has 5 nitrogen and oxygen atoms in total. The van der Waals surface area contributed by atoms with Gasteiger partial charge in [-0.15, -0.1) is 0 Å². The van der Waals surface area contributed by atoms with Crippen LogP contribution in [0.15, 0.2) is 36.5 Å². The molecule has 0 unspecified atom stereocenters. The molecule has 2 aromatic rings.